The van der Waals surface area contributed by atoms with E-state index in [1.807, 2.05) is 31.3 Å². The third-order valence-corrected chi connectivity index (χ3v) is 3.53. The van der Waals surface area contributed by atoms with Gasteiger partial charge in [-0.15, -0.1) is 0 Å². The molecule has 0 spiro atoms. The van der Waals surface area contributed by atoms with E-state index in [9.17, 15) is 5.26 Å². The van der Waals surface area contributed by atoms with E-state index in [2.05, 4.69) is 47.9 Å². The molecule has 2 heterocycles. The molecular formula is C18H23N5. The minimum atomic E-state index is -0.0892. The van der Waals surface area contributed by atoms with Gasteiger partial charge in [-0.2, -0.15) is 5.26 Å². The van der Waals surface area contributed by atoms with E-state index in [4.69, 9.17) is 0 Å². The minimum Gasteiger partial charge on any atom is -0.369 e. The second kappa shape index (κ2) is 6.74. The van der Waals surface area contributed by atoms with Crippen molar-refractivity contribution in [2.45, 2.75) is 32.6 Å². The number of nitrogens with zero attached hydrogens (tertiary/aromatic N) is 5. The summed E-state index contributed by atoms with van der Waals surface area (Å²) in [5.74, 6) is 0. The van der Waals surface area contributed by atoms with Crippen LogP contribution < -0.4 is 0 Å². The summed E-state index contributed by atoms with van der Waals surface area (Å²) in [5.41, 5.74) is 4.00. The molecule has 0 unspecified atom stereocenters. The van der Waals surface area contributed by atoms with Gasteiger partial charge in [-0.1, -0.05) is 26.8 Å². The Labute approximate surface area is 138 Å². The summed E-state index contributed by atoms with van der Waals surface area (Å²) in [6.07, 6.45) is 6.44. The van der Waals surface area contributed by atoms with Gasteiger partial charge < -0.3 is 4.90 Å². The SMILES string of the molecule is CN(C)/C=N/c1cc(C(C)(C)C)c(C2=CCN=CC2)nc1C#N. The molecule has 0 aromatic carbocycles. The van der Waals surface area contributed by atoms with Crippen LogP contribution in [0.3, 0.4) is 0 Å². The average Bonchev–Trinajstić information content (AvgIpc) is 2.52. The lowest BCUT2D eigenvalue weighted by molar-refractivity contribution is 0.585. The van der Waals surface area contributed by atoms with Gasteiger partial charge in [0.25, 0.3) is 0 Å². The first-order chi connectivity index (χ1) is 10.8. The monoisotopic (exact) mass is 309 g/mol. The van der Waals surface area contributed by atoms with Crippen LogP contribution in [0.2, 0.25) is 0 Å². The first-order valence-corrected chi connectivity index (χ1v) is 7.67. The van der Waals surface area contributed by atoms with Crippen LogP contribution in [0.15, 0.2) is 22.1 Å². The van der Waals surface area contributed by atoms with Crippen molar-refractivity contribution in [3.8, 4) is 6.07 Å². The standard InChI is InChI=1S/C18H23N5/c1-18(2,3)14-10-15(21-12-23(4)5)16(11-19)22-17(14)13-6-8-20-9-7-13/h6,9-10,12H,7-8H2,1-5H3/b21-12+. The van der Waals surface area contributed by atoms with Crippen molar-refractivity contribution in [2.24, 2.45) is 9.98 Å². The van der Waals surface area contributed by atoms with E-state index in [0.29, 0.717) is 17.9 Å². The third-order valence-electron chi connectivity index (χ3n) is 3.53. The molecular weight excluding hydrogens is 286 g/mol. The van der Waals surface area contributed by atoms with Crippen molar-refractivity contribution in [2.75, 3.05) is 20.6 Å². The molecule has 0 aliphatic carbocycles. The third kappa shape index (κ3) is 4.04. The zero-order chi connectivity index (χ0) is 17.0. The zero-order valence-corrected chi connectivity index (χ0v) is 14.5. The van der Waals surface area contributed by atoms with Gasteiger partial charge in [0.1, 0.15) is 11.8 Å². The Bertz CT molecular complexity index is 712. The number of hydrogen-bond donors (Lipinski definition) is 0. The van der Waals surface area contributed by atoms with E-state index in [0.717, 1.165) is 23.3 Å². The fourth-order valence-electron chi connectivity index (χ4n) is 2.35. The number of hydrogen-bond acceptors (Lipinski definition) is 4. The van der Waals surface area contributed by atoms with Crippen LogP contribution >= 0.6 is 0 Å². The Balaban J connectivity index is 2.62. The van der Waals surface area contributed by atoms with Crippen molar-refractivity contribution in [1.82, 2.24) is 9.88 Å². The predicted octanol–water partition coefficient (Wildman–Crippen LogP) is 3.33. The lowest BCUT2D eigenvalue weighted by Gasteiger charge is -2.24. The molecule has 1 aromatic rings. The number of nitriles is 1. The van der Waals surface area contributed by atoms with Crippen LogP contribution in [0.1, 0.15) is 44.1 Å². The Hall–Kier alpha value is -2.48. The van der Waals surface area contributed by atoms with Gasteiger partial charge in [0.2, 0.25) is 0 Å². The number of allylic oxidation sites excluding steroid dienone is 1. The summed E-state index contributed by atoms with van der Waals surface area (Å²) in [6, 6.07) is 4.17. The summed E-state index contributed by atoms with van der Waals surface area (Å²) in [4.78, 5) is 15.1. The fraction of sp³-hybridized carbons (Fsp3) is 0.444. The van der Waals surface area contributed by atoms with Gasteiger partial charge in [-0.25, -0.2) is 9.98 Å². The van der Waals surface area contributed by atoms with Crippen LogP contribution in [0.5, 0.6) is 0 Å². The molecule has 0 radical (unpaired) electrons. The molecule has 2 rings (SSSR count). The number of pyridine rings is 1. The maximum atomic E-state index is 9.45. The molecule has 0 saturated heterocycles. The van der Waals surface area contributed by atoms with Crippen molar-refractivity contribution in [3.05, 3.63) is 29.1 Å². The van der Waals surface area contributed by atoms with Gasteiger partial charge in [0.15, 0.2) is 5.69 Å². The van der Waals surface area contributed by atoms with Gasteiger partial charge in [0, 0.05) is 26.7 Å². The summed E-state index contributed by atoms with van der Waals surface area (Å²) >= 11 is 0. The molecule has 1 aliphatic heterocycles. The largest absolute Gasteiger partial charge is 0.369 e. The minimum absolute atomic E-state index is 0.0892. The summed E-state index contributed by atoms with van der Waals surface area (Å²) in [5, 5.41) is 9.45. The fourth-order valence-corrected chi connectivity index (χ4v) is 2.35. The van der Waals surface area contributed by atoms with Crippen LogP contribution in [0.4, 0.5) is 5.69 Å². The van der Waals surface area contributed by atoms with E-state index >= 15 is 0 Å². The number of rotatable bonds is 3. The summed E-state index contributed by atoms with van der Waals surface area (Å²) in [7, 11) is 3.79. The van der Waals surface area contributed by atoms with Crippen LogP contribution in [-0.2, 0) is 5.41 Å². The molecule has 0 atom stereocenters. The maximum Gasteiger partial charge on any atom is 0.166 e. The highest BCUT2D eigenvalue weighted by molar-refractivity contribution is 5.82. The molecule has 0 bridgehead atoms. The Morgan fingerprint density at radius 2 is 2.09 bits per heavy atom. The topological polar surface area (TPSA) is 64.6 Å². The van der Waals surface area contributed by atoms with E-state index < -0.39 is 0 Å². The van der Waals surface area contributed by atoms with E-state index in [-0.39, 0.29) is 5.41 Å². The Kier molecular flexibility index (Phi) is 4.95. The predicted molar refractivity (Wildman–Crippen MR) is 95.4 cm³/mol. The van der Waals surface area contributed by atoms with Crippen molar-refractivity contribution >= 4 is 23.8 Å². The molecule has 0 fully saturated rings. The number of aromatic nitrogens is 1. The highest BCUT2D eigenvalue weighted by Gasteiger charge is 2.24. The van der Waals surface area contributed by atoms with Gasteiger partial charge >= 0.3 is 0 Å². The highest BCUT2D eigenvalue weighted by Crippen LogP contribution is 2.34. The summed E-state index contributed by atoms with van der Waals surface area (Å²) < 4.78 is 0. The van der Waals surface area contributed by atoms with Gasteiger partial charge in [-0.3, -0.25) is 4.99 Å². The normalized spacial score (nSPS) is 14.7. The zero-order valence-electron chi connectivity index (χ0n) is 14.5. The molecule has 5 heteroatoms. The number of aliphatic imine (C=N–C) groups is 2. The molecule has 5 nitrogen and oxygen atoms in total. The second-order valence-electron chi connectivity index (χ2n) is 6.80. The van der Waals surface area contributed by atoms with Gasteiger partial charge in [-0.05, 0) is 22.6 Å². The van der Waals surface area contributed by atoms with Crippen LogP contribution in [-0.4, -0.2) is 43.1 Å². The van der Waals surface area contributed by atoms with E-state index in [1.54, 1.807) is 6.34 Å². The maximum absolute atomic E-state index is 9.45. The van der Waals surface area contributed by atoms with Crippen LogP contribution in [0, 0.1) is 11.3 Å². The molecule has 23 heavy (non-hydrogen) atoms. The first-order valence-electron chi connectivity index (χ1n) is 7.67. The first kappa shape index (κ1) is 16.9. The van der Waals surface area contributed by atoms with Crippen LogP contribution in [0.25, 0.3) is 5.57 Å². The number of dihydropyridines is 1. The average molecular weight is 309 g/mol. The highest BCUT2D eigenvalue weighted by atomic mass is 15.1. The molecule has 0 amide bonds. The summed E-state index contributed by atoms with van der Waals surface area (Å²) in [6.45, 7) is 7.12. The van der Waals surface area contributed by atoms with Crippen molar-refractivity contribution in [3.63, 3.8) is 0 Å². The van der Waals surface area contributed by atoms with Crippen molar-refractivity contribution < 1.29 is 0 Å². The molecule has 0 saturated carbocycles. The smallest absolute Gasteiger partial charge is 0.166 e. The van der Waals surface area contributed by atoms with Gasteiger partial charge in [0.05, 0.1) is 18.6 Å². The quantitative estimate of drug-likeness (QED) is 0.635. The molecule has 1 aromatic heterocycles. The molecule has 0 N–H and O–H groups in total. The second-order valence-corrected chi connectivity index (χ2v) is 6.80. The Morgan fingerprint density at radius 3 is 2.61 bits per heavy atom. The molecule has 120 valence electrons. The molecule has 1 aliphatic rings. The Morgan fingerprint density at radius 1 is 1.35 bits per heavy atom. The lowest BCUT2D eigenvalue weighted by atomic mass is 9.83. The van der Waals surface area contributed by atoms with Crippen molar-refractivity contribution in [1.29, 1.82) is 5.26 Å². The lowest BCUT2D eigenvalue weighted by Crippen LogP contribution is -2.17. The van der Waals surface area contributed by atoms with E-state index in [1.165, 1.54) is 0 Å².